The van der Waals surface area contributed by atoms with E-state index >= 15 is 0 Å². The minimum atomic E-state index is -4.25. The van der Waals surface area contributed by atoms with E-state index in [1.807, 2.05) is 0 Å². The van der Waals surface area contributed by atoms with Gasteiger partial charge in [-0.15, -0.1) is 0 Å². The maximum absolute atomic E-state index is 14.7. The fourth-order valence-electron chi connectivity index (χ4n) is 4.30. The zero-order chi connectivity index (χ0) is 29.8. The molecule has 1 heterocycles. The molecule has 41 heavy (non-hydrogen) atoms. The number of benzene rings is 3. The third-order valence-corrected chi connectivity index (χ3v) is 8.18. The van der Waals surface area contributed by atoms with Crippen LogP contribution < -0.4 is 19.1 Å². The molecule has 1 aliphatic rings. The summed E-state index contributed by atoms with van der Waals surface area (Å²) in [5, 5.41) is 2.84. The maximum Gasteiger partial charge on any atom is 0.264 e. The van der Waals surface area contributed by atoms with Crippen LogP contribution in [0.3, 0.4) is 0 Å². The average molecular weight is 584 g/mol. The Morgan fingerprint density at radius 2 is 1.59 bits per heavy atom. The number of rotatable bonds is 9. The van der Waals surface area contributed by atoms with E-state index in [0.717, 1.165) is 4.31 Å². The highest BCUT2D eigenvalue weighted by Gasteiger charge is 2.34. The largest absolute Gasteiger partial charge is 0.486 e. The third kappa shape index (κ3) is 7.15. The topological polar surface area (TPSA) is 105 Å². The molecule has 0 fully saturated rings. The van der Waals surface area contributed by atoms with Crippen LogP contribution in [0.15, 0.2) is 77.7 Å². The quantitative estimate of drug-likeness (QED) is 0.406. The van der Waals surface area contributed by atoms with Gasteiger partial charge in [-0.25, -0.2) is 12.8 Å². The van der Waals surface area contributed by atoms with Crippen molar-refractivity contribution in [2.45, 2.75) is 50.7 Å². The Kier molecular flexibility index (Phi) is 8.86. The zero-order valence-corrected chi connectivity index (χ0v) is 24.3. The molecule has 3 aromatic rings. The summed E-state index contributed by atoms with van der Waals surface area (Å²) in [6, 6.07) is 17.2. The Morgan fingerprint density at radius 3 is 2.24 bits per heavy atom. The van der Waals surface area contributed by atoms with Gasteiger partial charge in [-0.2, -0.15) is 0 Å². The van der Waals surface area contributed by atoms with E-state index in [1.54, 1.807) is 51.1 Å². The lowest BCUT2D eigenvalue weighted by Gasteiger charge is -2.33. The van der Waals surface area contributed by atoms with Crippen LogP contribution in [0, 0.1) is 5.82 Å². The number of anilines is 1. The van der Waals surface area contributed by atoms with E-state index in [1.165, 1.54) is 54.3 Å². The van der Waals surface area contributed by atoms with Crippen LogP contribution in [0.1, 0.15) is 33.3 Å². The van der Waals surface area contributed by atoms with Crippen molar-refractivity contribution in [1.29, 1.82) is 0 Å². The number of hydrogen-bond acceptors (Lipinski definition) is 6. The lowest BCUT2D eigenvalue weighted by atomic mass is 10.1. The maximum atomic E-state index is 14.7. The molecule has 1 N–H and O–H groups in total. The molecule has 0 unspecified atom stereocenters. The standard InChI is InChI=1S/C30H34FN3O6S/c1-21(29(36)32-30(2,3)4)33(19-22-10-8-9-13-25(22)31)28(35)20-34(41(37,38)24-11-6-5-7-12-24)23-14-15-26-27(18-23)40-17-16-39-26/h5-15,18,21H,16-17,19-20H2,1-4H3,(H,32,36)/t21-/m0/s1. The second-order valence-corrected chi connectivity index (χ2v) is 12.5. The second kappa shape index (κ2) is 12.2. The van der Waals surface area contributed by atoms with Crippen LogP contribution in [0.25, 0.3) is 0 Å². The molecular formula is C30H34FN3O6S. The molecule has 3 aromatic carbocycles. The van der Waals surface area contributed by atoms with Gasteiger partial charge in [0.2, 0.25) is 11.8 Å². The Balaban J connectivity index is 1.74. The van der Waals surface area contributed by atoms with Gasteiger partial charge in [0.25, 0.3) is 10.0 Å². The molecule has 11 heteroatoms. The Hall–Kier alpha value is -4.12. The third-order valence-electron chi connectivity index (χ3n) is 6.39. The lowest BCUT2D eigenvalue weighted by Crippen LogP contribution is -2.54. The second-order valence-electron chi connectivity index (χ2n) is 10.7. The number of halogens is 1. The summed E-state index contributed by atoms with van der Waals surface area (Å²) in [5.41, 5.74) is -0.233. The number of fused-ring (bicyclic) bond motifs is 1. The number of hydrogen-bond donors (Lipinski definition) is 1. The fourth-order valence-corrected chi connectivity index (χ4v) is 5.73. The van der Waals surface area contributed by atoms with Gasteiger partial charge >= 0.3 is 0 Å². The van der Waals surface area contributed by atoms with Gasteiger partial charge in [0.15, 0.2) is 11.5 Å². The van der Waals surface area contributed by atoms with Crippen LogP contribution >= 0.6 is 0 Å². The molecule has 0 aromatic heterocycles. The predicted octanol–water partition coefficient (Wildman–Crippen LogP) is 4.12. The summed E-state index contributed by atoms with van der Waals surface area (Å²) in [5.74, 6) is -0.903. The number of nitrogens with zero attached hydrogens (tertiary/aromatic N) is 2. The number of amides is 2. The van der Waals surface area contributed by atoms with Crippen molar-refractivity contribution in [1.82, 2.24) is 10.2 Å². The molecule has 0 radical (unpaired) electrons. The van der Waals surface area contributed by atoms with E-state index in [2.05, 4.69) is 5.32 Å². The van der Waals surface area contributed by atoms with E-state index < -0.39 is 45.8 Å². The van der Waals surface area contributed by atoms with Gasteiger partial charge < -0.3 is 19.7 Å². The summed E-state index contributed by atoms with van der Waals surface area (Å²) in [6.07, 6.45) is 0. The summed E-state index contributed by atoms with van der Waals surface area (Å²) in [6.45, 7) is 6.68. The van der Waals surface area contributed by atoms with Crippen molar-refractivity contribution >= 4 is 27.5 Å². The molecule has 2 amide bonds. The van der Waals surface area contributed by atoms with Crippen LogP contribution in [-0.4, -0.2) is 56.5 Å². The first-order chi connectivity index (χ1) is 19.4. The van der Waals surface area contributed by atoms with Gasteiger partial charge in [0.1, 0.15) is 31.6 Å². The lowest BCUT2D eigenvalue weighted by molar-refractivity contribution is -0.140. The van der Waals surface area contributed by atoms with Gasteiger partial charge in [0, 0.05) is 23.7 Å². The summed E-state index contributed by atoms with van der Waals surface area (Å²) in [7, 11) is -4.25. The van der Waals surface area contributed by atoms with Crippen LogP contribution in [-0.2, 0) is 26.2 Å². The smallest absolute Gasteiger partial charge is 0.264 e. The van der Waals surface area contributed by atoms with Crippen molar-refractivity contribution in [2.24, 2.45) is 0 Å². The Labute approximate surface area is 239 Å². The molecule has 0 bridgehead atoms. The minimum Gasteiger partial charge on any atom is -0.486 e. The fraction of sp³-hybridized carbons (Fsp3) is 0.333. The number of nitrogens with one attached hydrogen (secondary N) is 1. The molecule has 0 spiro atoms. The number of carbonyl (C=O) groups excluding carboxylic acids is 2. The van der Waals surface area contributed by atoms with E-state index in [-0.39, 0.29) is 29.3 Å². The molecule has 1 atom stereocenters. The molecule has 4 rings (SSSR count). The average Bonchev–Trinajstić information content (AvgIpc) is 2.94. The van der Waals surface area contributed by atoms with Crippen LogP contribution in [0.2, 0.25) is 0 Å². The SMILES string of the molecule is C[C@@H](C(=O)NC(C)(C)C)N(Cc1ccccc1F)C(=O)CN(c1ccc2c(c1)OCCO2)S(=O)(=O)c1ccccc1. The van der Waals surface area contributed by atoms with Crippen molar-refractivity contribution in [3.63, 3.8) is 0 Å². The molecular weight excluding hydrogens is 549 g/mol. The van der Waals surface area contributed by atoms with Crippen molar-refractivity contribution in [2.75, 3.05) is 24.1 Å². The molecule has 0 aliphatic carbocycles. The summed E-state index contributed by atoms with van der Waals surface area (Å²) in [4.78, 5) is 28.3. The monoisotopic (exact) mass is 583 g/mol. The van der Waals surface area contributed by atoms with Crippen LogP contribution in [0.5, 0.6) is 11.5 Å². The van der Waals surface area contributed by atoms with E-state index in [4.69, 9.17) is 9.47 Å². The molecule has 0 saturated heterocycles. The van der Waals surface area contributed by atoms with E-state index in [0.29, 0.717) is 18.1 Å². The van der Waals surface area contributed by atoms with Crippen LogP contribution in [0.4, 0.5) is 10.1 Å². The molecule has 1 aliphatic heterocycles. The zero-order valence-electron chi connectivity index (χ0n) is 23.5. The first-order valence-electron chi connectivity index (χ1n) is 13.2. The highest BCUT2D eigenvalue weighted by Crippen LogP contribution is 2.36. The van der Waals surface area contributed by atoms with Crippen molar-refractivity contribution in [3.8, 4) is 11.5 Å². The highest BCUT2D eigenvalue weighted by atomic mass is 32.2. The van der Waals surface area contributed by atoms with Gasteiger partial charge in [-0.05, 0) is 58.0 Å². The highest BCUT2D eigenvalue weighted by molar-refractivity contribution is 7.92. The van der Waals surface area contributed by atoms with E-state index in [9.17, 15) is 22.4 Å². The Bertz CT molecular complexity index is 1510. The normalized spacial score (nSPS) is 13.7. The molecule has 0 saturated carbocycles. The van der Waals surface area contributed by atoms with Crippen molar-refractivity contribution in [3.05, 3.63) is 84.2 Å². The first-order valence-corrected chi connectivity index (χ1v) is 14.6. The van der Waals surface area contributed by atoms with Gasteiger partial charge in [0.05, 0.1) is 10.6 Å². The Morgan fingerprint density at radius 1 is 0.951 bits per heavy atom. The molecule has 218 valence electrons. The first kappa shape index (κ1) is 29.9. The predicted molar refractivity (Wildman–Crippen MR) is 153 cm³/mol. The number of sulfonamides is 1. The number of ether oxygens (including phenoxy) is 2. The number of carbonyl (C=O) groups is 2. The van der Waals surface area contributed by atoms with Gasteiger partial charge in [-0.1, -0.05) is 36.4 Å². The molecule has 9 nitrogen and oxygen atoms in total. The summed E-state index contributed by atoms with van der Waals surface area (Å²) < 4.78 is 54.7. The minimum absolute atomic E-state index is 0.0260. The van der Waals surface area contributed by atoms with Gasteiger partial charge in [-0.3, -0.25) is 13.9 Å². The van der Waals surface area contributed by atoms with Crippen molar-refractivity contribution < 1.29 is 31.9 Å². The summed E-state index contributed by atoms with van der Waals surface area (Å²) >= 11 is 0.